The van der Waals surface area contributed by atoms with Gasteiger partial charge in [-0.1, -0.05) is 13.3 Å². The second-order valence-electron chi connectivity index (χ2n) is 3.97. The van der Waals surface area contributed by atoms with Crippen molar-refractivity contribution < 1.29 is 0 Å². The van der Waals surface area contributed by atoms with E-state index in [0.717, 1.165) is 12.8 Å². The fraction of sp³-hybridized carbons (Fsp3) is 0.545. The lowest BCUT2D eigenvalue weighted by molar-refractivity contribution is 0.599. The maximum Gasteiger partial charge on any atom is 0.330 e. The molecule has 92 valence electrons. The lowest BCUT2D eigenvalue weighted by atomic mass is 10.3. The van der Waals surface area contributed by atoms with Crippen LogP contribution in [0.4, 0.5) is 0 Å². The number of hydrogen-bond acceptors (Lipinski definition) is 3. The Morgan fingerprint density at radius 3 is 2.76 bits per heavy atom. The molecule has 0 spiro atoms. The Labute approximate surface area is 97.9 Å². The van der Waals surface area contributed by atoms with Gasteiger partial charge in [0.25, 0.3) is 5.56 Å². The number of nitrogens with zero attached hydrogens (tertiary/aromatic N) is 3. The van der Waals surface area contributed by atoms with E-state index >= 15 is 0 Å². The molecule has 1 N–H and O–H groups in total. The van der Waals surface area contributed by atoms with Crippen molar-refractivity contribution in [2.24, 2.45) is 0 Å². The Hall–Kier alpha value is -1.85. The zero-order valence-corrected chi connectivity index (χ0v) is 10.1. The minimum Gasteiger partial charge on any atom is -0.317 e. The molecule has 0 bridgehead atoms. The molecule has 0 unspecified atom stereocenters. The van der Waals surface area contributed by atoms with Crippen LogP contribution in [0.5, 0.6) is 0 Å². The lowest BCUT2D eigenvalue weighted by Gasteiger charge is -2.08. The van der Waals surface area contributed by atoms with Crippen LogP contribution >= 0.6 is 0 Å². The second-order valence-corrected chi connectivity index (χ2v) is 3.97. The summed E-state index contributed by atoms with van der Waals surface area (Å²) in [6.45, 7) is 5.31. The van der Waals surface area contributed by atoms with Gasteiger partial charge in [-0.05, 0) is 13.3 Å². The summed E-state index contributed by atoms with van der Waals surface area (Å²) in [5, 5.41) is 0. The van der Waals surface area contributed by atoms with Gasteiger partial charge in [0.05, 0.1) is 6.33 Å². The Kier molecular flexibility index (Phi) is 3.12. The first kappa shape index (κ1) is 11.6. The summed E-state index contributed by atoms with van der Waals surface area (Å²) >= 11 is 0. The lowest BCUT2D eigenvalue weighted by Crippen LogP contribution is -2.31. The average molecular weight is 236 g/mol. The summed E-state index contributed by atoms with van der Waals surface area (Å²) in [5.41, 5.74) is 0.188. The molecule has 0 saturated heterocycles. The topological polar surface area (TPSA) is 72.7 Å². The van der Waals surface area contributed by atoms with Crippen LogP contribution in [0.3, 0.4) is 0 Å². The number of H-pyrrole nitrogens is 1. The Balaban J connectivity index is 2.74. The van der Waals surface area contributed by atoms with Gasteiger partial charge >= 0.3 is 5.69 Å². The first-order valence-electron chi connectivity index (χ1n) is 5.87. The van der Waals surface area contributed by atoms with E-state index < -0.39 is 5.56 Å². The fourth-order valence-electron chi connectivity index (χ4n) is 1.89. The molecule has 6 heteroatoms. The SMILES string of the molecule is CCCCn1c(=O)[nH]c(=O)c2ncn(CC)c21. The van der Waals surface area contributed by atoms with Gasteiger partial charge in [0.15, 0.2) is 5.52 Å². The van der Waals surface area contributed by atoms with Crippen LogP contribution in [-0.2, 0) is 13.1 Å². The summed E-state index contributed by atoms with van der Waals surface area (Å²) in [5.74, 6) is 0. The highest BCUT2D eigenvalue weighted by molar-refractivity contribution is 5.69. The molecule has 2 heterocycles. The average Bonchev–Trinajstić information content (AvgIpc) is 2.73. The molecular weight excluding hydrogens is 220 g/mol. The van der Waals surface area contributed by atoms with Gasteiger partial charge in [-0.2, -0.15) is 0 Å². The largest absolute Gasteiger partial charge is 0.330 e. The third kappa shape index (κ3) is 1.90. The third-order valence-corrected chi connectivity index (χ3v) is 2.82. The summed E-state index contributed by atoms with van der Waals surface area (Å²) in [4.78, 5) is 29.8. The molecule has 2 aromatic heterocycles. The Morgan fingerprint density at radius 1 is 1.35 bits per heavy atom. The normalized spacial score (nSPS) is 11.2. The van der Waals surface area contributed by atoms with E-state index in [1.807, 2.05) is 11.5 Å². The predicted molar refractivity (Wildman–Crippen MR) is 65.2 cm³/mol. The zero-order valence-electron chi connectivity index (χ0n) is 10.1. The minimum atomic E-state index is -0.412. The standard InChI is InChI=1S/C11H16N4O2/c1-3-5-6-15-10-8(9(16)13-11(15)17)12-7-14(10)4-2/h7H,3-6H2,1-2H3,(H,13,16,17). The highest BCUT2D eigenvalue weighted by Gasteiger charge is 2.12. The highest BCUT2D eigenvalue weighted by Crippen LogP contribution is 2.07. The summed E-state index contributed by atoms with van der Waals surface area (Å²) in [6.07, 6.45) is 3.49. The number of rotatable bonds is 4. The van der Waals surface area contributed by atoms with Crippen molar-refractivity contribution in [1.29, 1.82) is 0 Å². The maximum absolute atomic E-state index is 11.8. The van der Waals surface area contributed by atoms with Crippen LogP contribution in [-0.4, -0.2) is 19.1 Å². The van der Waals surface area contributed by atoms with E-state index in [2.05, 4.69) is 16.9 Å². The molecular formula is C11H16N4O2. The van der Waals surface area contributed by atoms with Crippen LogP contribution in [0, 0.1) is 0 Å². The quantitative estimate of drug-likeness (QED) is 0.849. The van der Waals surface area contributed by atoms with Crippen LogP contribution in [0.2, 0.25) is 0 Å². The Morgan fingerprint density at radius 2 is 2.12 bits per heavy atom. The van der Waals surface area contributed by atoms with E-state index in [1.165, 1.54) is 0 Å². The van der Waals surface area contributed by atoms with E-state index in [4.69, 9.17) is 0 Å². The molecule has 0 aliphatic carbocycles. The van der Waals surface area contributed by atoms with E-state index in [1.54, 1.807) is 10.9 Å². The molecule has 0 aromatic carbocycles. The maximum atomic E-state index is 11.8. The van der Waals surface area contributed by atoms with Crippen molar-refractivity contribution in [3.05, 3.63) is 27.2 Å². The minimum absolute atomic E-state index is 0.336. The van der Waals surface area contributed by atoms with Crippen LogP contribution in [0.15, 0.2) is 15.9 Å². The molecule has 6 nitrogen and oxygen atoms in total. The van der Waals surface area contributed by atoms with Crippen molar-refractivity contribution >= 4 is 11.2 Å². The number of aromatic nitrogens is 4. The van der Waals surface area contributed by atoms with Gasteiger partial charge in [-0.15, -0.1) is 0 Å². The van der Waals surface area contributed by atoms with Gasteiger partial charge in [-0.25, -0.2) is 9.78 Å². The second kappa shape index (κ2) is 4.57. The molecule has 2 aromatic rings. The number of aryl methyl sites for hydroxylation is 2. The molecule has 0 saturated carbocycles. The van der Waals surface area contributed by atoms with Gasteiger partial charge < -0.3 is 4.57 Å². The van der Waals surface area contributed by atoms with E-state index in [0.29, 0.717) is 24.3 Å². The first-order chi connectivity index (χ1) is 8.19. The van der Waals surface area contributed by atoms with Crippen LogP contribution in [0.25, 0.3) is 11.2 Å². The number of nitrogens with one attached hydrogen (secondary N) is 1. The number of unbranched alkanes of at least 4 members (excludes halogenated alkanes) is 1. The van der Waals surface area contributed by atoms with Gasteiger partial charge in [0.2, 0.25) is 0 Å². The monoisotopic (exact) mass is 236 g/mol. The highest BCUT2D eigenvalue weighted by atomic mass is 16.2. The molecule has 0 radical (unpaired) electrons. The molecule has 2 rings (SSSR count). The number of hydrogen-bond donors (Lipinski definition) is 1. The van der Waals surface area contributed by atoms with E-state index in [-0.39, 0.29) is 5.69 Å². The molecule has 0 amide bonds. The molecule has 0 fully saturated rings. The third-order valence-electron chi connectivity index (χ3n) is 2.82. The summed E-state index contributed by atoms with van der Waals surface area (Å²) in [7, 11) is 0. The fourth-order valence-corrected chi connectivity index (χ4v) is 1.89. The van der Waals surface area contributed by atoms with Crippen molar-refractivity contribution in [1.82, 2.24) is 19.1 Å². The van der Waals surface area contributed by atoms with E-state index in [9.17, 15) is 9.59 Å². The first-order valence-corrected chi connectivity index (χ1v) is 5.87. The Bertz CT molecular complexity index is 635. The predicted octanol–water partition coefficient (Wildman–Crippen LogP) is 0.706. The summed E-state index contributed by atoms with van der Waals surface area (Å²) < 4.78 is 3.42. The number of imidazole rings is 1. The van der Waals surface area contributed by atoms with Crippen molar-refractivity contribution in [3.63, 3.8) is 0 Å². The van der Waals surface area contributed by atoms with Gasteiger partial charge in [0.1, 0.15) is 5.65 Å². The number of fused-ring (bicyclic) bond motifs is 1. The number of aromatic amines is 1. The van der Waals surface area contributed by atoms with Crippen molar-refractivity contribution in [2.45, 2.75) is 39.8 Å². The molecule has 0 aliphatic rings. The van der Waals surface area contributed by atoms with Crippen molar-refractivity contribution in [2.75, 3.05) is 0 Å². The molecule has 0 atom stereocenters. The summed E-state index contributed by atoms with van der Waals surface area (Å²) in [6, 6.07) is 0. The van der Waals surface area contributed by atoms with Crippen LogP contribution in [0.1, 0.15) is 26.7 Å². The van der Waals surface area contributed by atoms with Crippen LogP contribution < -0.4 is 11.2 Å². The van der Waals surface area contributed by atoms with Gasteiger partial charge in [0, 0.05) is 13.1 Å². The molecule has 0 aliphatic heterocycles. The van der Waals surface area contributed by atoms with Crippen molar-refractivity contribution in [3.8, 4) is 0 Å². The molecule has 17 heavy (non-hydrogen) atoms. The zero-order chi connectivity index (χ0) is 12.4. The smallest absolute Gasteiger partial charge is 0.317 e. The van der Waals surface area contributed by atoms with Gasteiger partial charge in [-0.3, -0.25) is 14.3 Å².